The molecule has 184 valence electrons. The van der Waals surface area contributed by atoms with Crippen LogP contribution in [0.3, 0.4) is 0 Å². The van der Waals surface area contributed by atoms with Gasteiger partial charge >= 0.3 is 0 Å². The third-order valence-electron chi connectivity index (χ3n) is 6.50. The van der Waals surface area contributed by atoms with E-state index in [2.05, 4.69) is 27.4 Å². The molecule has 3 amide bonds. The number of H-pyrrole nitrogens is 1. The van der Waals surface area contributed by atoms with Crippen molar-refractivity contribution in [3.63, 3.8) is 0 Å². The molecule has 3 N–H and O–H groups in total. The Labute approximate surface area is 205 Å². The SMILES string of the molecule is CCc1ccccc1NC(=O)CN1CCN(C(=O)[C@H](Cc2c[nH]c3ccccc23)NC(C)=O)CC1. The first-order chi connectivity index (χ1) is 16.9. The number of rotatable bonds is 8. The van der Waals surface area contributed by atoms with Crippen LogP contribution < -0.4 is 10.6 Å². The van der Waals surface area contributed by atoms with Crippen LogP contribution in [-0.2, 0) is 27.2 Å². The fraction of sp³-hybridized carbons (Fsp3) is 0.370. The van der Waals surface area contributed by atoms with Crippen molar-refractivity contribution in [2.75, 3.05) is 38.0 Å². The number of amides is 3. The Morgan fingerprint density at radius 1 is 0.971 bits per heavy atom. The van der Waals surface area contributed by atoms with Crippen LogP contribution in [0.4, 0.5) is 5.69 Å². The molecule has 0 unspecified atom stereocenters. The van der Waals surface area contributed by atoms with Crippen molar-refractivity contribution in [3.8, 4) is 0 Å². The number of piperazine rings is 1. The Kier molecular flexibility index (Phi) is 7.82. The number of fused-ring (bicyclic) bond motifs is 1. The zero-order valence-electron chi connectivity index (χ0n) is 20.3. The number of para-hydroxylation sites is 2. The molecule has 8 nitrogen and oxygen atoms in total. The second-order valence-corrected chi connectivity index (χ2v) is 8.98. The fourth-order valence-corrected chi connectivity index (χ4v) is 4.66. The first kappa shape index (κ1) is 24.5. The Balaban J connectivity index is 1.34. The van der Waals surface area contributed by atoms with Crippen LogP contribution >= 0.6 is 0 Å². The largest absolute Gasteiger partial charge is 0.361 e. The van der Waals surface area contributed by atoms with E-state index in [0.717, 1.165) is 34.1 Å². The summed E-state index contributed by atoms with van der Waals surface area (Å²) in [5.41, 5.74) is 3.96. The molecule has 0 aliphatic carbocycles. The van der Waals surface area contributed by atoms with Crippen molar-refractivity contribution in [1.29, 1.82) is 0 Å². The van der Waals surface area contributed by atoms with E-state index in [-0.39, 0.29) is 24.3 Å². The predicted molar refractivity (Wildman–Crippen MR) is 137 cm³/mol. The van der Waals surface area contributed by atoms with Crippen LogP contribution in [0.15, 0.2) is 54.7 Å². The molecule has 1 aromatic heterocycles. The number of hydrogen-bond acceptors (Lipinski definition) is 4. The van der Waals surface area contributed by atoms with Gasteiger partial charge in [-0.2, -0.15) is 0 Å². The normalized spacial score (nSPS) is 15.1. The summed E-state index contributed by atoms with van der Waals surface area (Å²) in [5.74, 6) is -0.376. The van der Waals surface area contributed by atoms with E-state index in [1.165, 1.54) is 6.92 Å². The lowest BCUT2D eigenvalue weighted by Gasteiger charge is -2.36. The number of carbonyl (C=O) groups excluding carboxylic acids is 3. The summed E-state index contributed by atoms with van der Waals surface area (Å²) < 4.78 is 0. The average molecular weight is 476 g/mol. The molecule has 0 saturated carbocycles. The minimum atomic E-state index is -0.632. The van der Waals surface area contributed by atoms with Crippen LogP contribution in [0.1, 0.15) is 25.0 Å². The maximum absolute atomic E-state index is 13.3. The quantitative estimate of drug-likeness (QED) is 0.466. The molecule has 1 atom stereocenters. The molecule has 1 aliphatic rings. The van der Waals surface area contributed by atoms with Crippen molar-refractivity contribution in [1.82, 2.24) is 20.1 Å². The van der Waals surface area contributed by atoms with Gasteiger partial charge in [0.05, 0.1) is 6.54 Å². The number of aromatic nitrogens is 1. The molecule has 8 heteroatoms. The number of aromatic amines is 1. The zero-order valence-corrected chi connectivity index (χ0v) is 20.3. The van der Waals surface area contributed by atoms with Crippen LogP contribution in [0.25, 0.3) is 10.9 Å². The molecule has 0 bridgehead atoms. The maximum Gasteiger partial charge on any atom is 0.245 e. The summed E-state index contributed by atoms with van der Waals surface area (Å²) in [6.45, 7) is 6.02. The lowest BCUT2D eigenvalue weighted by molar-refractivity contribution is -0.137. The summed E-state index contributed by atoms with van der Waals surface area (Å²) >= 11 is 0. The molecule has 1 saturated heterocycles. The number of nitrogens with one attached hydrogen (secondary N) is 3. The van der Waals surface area contributed by atoms with Crippen molar-refractivity contribution >= 4 is 34.3 Å². The Morgan fingerprint density at radius 3 is 2.43 bits per heavy atom. The Hall–Kier alpha value is -3.65. The minimum Gasteiger partial charge on any atom is -0.361 e. The van der Waals surface area contributed by atoms with Crippen molar-refractivity contribution < 1.29 is 14.4 Å². The molecule has 0 spiro atoms. The topological polar surface area (TPSA) is 97.5 Å². The third-order valence-corrected chi connectivity index (χ3v) is 6.50. The number of hydrogen-bond donors (Lipinski definition) is 3. The molecule has 1 fully saturated rings. The van der Waals surface area contributed by atoms with Gasteiger partial charge in [-0.3, -0.25) is 19.3 Å². The highest BCUT2D eigenvalue weighted by Crippen LogP contribution is 2.20. The first-order valence-electron chi connectivity index (χ1n) is 12.2. The van der Waals surface area contributed by atoms with Crippen LogP contribution in [0.2, 0.25) is 0 Å². The standard InChI is InChI=1S/C27H33N5O3/c1-3-20-8-4-6-10-23(20)30-26(34)18-31-12-14-32(15-13-31)27(35)25(29-19(2)33)16-21-17-28-24-11-7-5-9-22(21)24/h4-11,17,25,28H,3,12-16,18H2,1-2H3,(H,29,33)(H,30,34)/t25-/m0/s1. The number of benzene rings is 2. The third kappa shape index (κ3) is 6.08. The number of aryl methyl sites for hydroxylation is 1. The molecule has 0 radical (unpaired) electrons. The van der Waals surface area contributed by atoms with Crippen LogP contribution in [0, 0.1) is 0 Å². The van der Waals surface area contributed by atoms with Gasteiger partial charge in [0.25, 0.3) is 0 Å². The second kappa shape index (κ2) is 11.2. The smallest absolute Gasteiger partial charge is 0.245 e. The van der Waals surface area contributed by atoms with Crippen molar-refractivity contribution in [3.05, 3.63) is 65.9 Å². The van der Waals surface area contributed by atoms with E-state index in [9.17, 15) is 14.4 Å². The lowest BCUT2D eigenvalue weighted by atomic mass is 10.0. The van der Waals surface area contributed by atoms with E-state index in [1.807, 2.05) is 54.7 Å². The molecule has 3 aromatic rings. The zero-order chi connectivity index (χ0) is 24.8. The molecule has 4 rings (SSSR count). The summed E-state index contributed by atoms with van der Waals surface area (Å²) in [6, 6.07) is 15.1. The lowest BCUT2D eigenvalue weighted by Crippen LogP contribution is -2.56. The Morgan fingerprint density at radius 2 is 1.69 bits per heavy atom. The highest BCUT2D eigenvalue weighted by Gasteiger charge is 2.29. The van der Waals surface area contributed by atoms with Gasteiger partial charge in [0.2, 0.25) is 17.7 Å². The Bertz CT molecular complexity index is 1200. The summed E-state index contributed by atoms with van der Waals surface area (Å²) in [5, 5.41) is 6.90. The van der Waals surface area contributed by atoms with E-state index in [0.29, 0.717) is 32.6 Å². The van der Waals surface area contributed by atoms with Crippen molar-refractivity contribution in [2.45, 2.75) is 32.7 Å². The summed E-state index contributed by atoms with van der Waals surface area (Å²) in [4.78, 5) is 44.9. The molecule has 2 aromatic carbocycles. The van der Waals surface area contributed by atoms with Gasteiger partial charge in [-0.25, -0.2) is 0 Å². The van der Waals surface area contributed by atoms with E-state index in [1.54, 1.807) is 4.90 Å². The van der Waals surface area contributed by atoms with Gasteiger partial charge in [-0.15, -0.1) is 0 Å². The maximum atomic E-state index is 13.3. The summed E-state index contributed by atoms with van der Waals surface area (Å²) in [6.07, 6.45) is 3.17. The molecule has 1 aliphatic heterocycles. The first-order valence-corrected chi connectivity index (χ1v) is 12.2. The molecular formula is C27H33N5O3. The monoisotopic (exact) mass is 475 g/mol. The van der Waals surface area contributed by atoms with Gasteiger partial charge in [0.15, 0.2) is 0 Å². The van der Waals surface area contributed by atoms with Gasteiger partial charge in [-0.1, -0.05) is 43.3 Å². The average Bonchev–Trinajstić information content (AvgIpc) is 3.26. The van der Waals surface area contributed by atoms with Crippen molar-refractivity contribution in [2.24, 2.45) is 0 Å². The van der Waals surface area contributed by atoms with Crippen LogP contribution in [-0.4, -0.2) is 71.3 Å². The van der Waals surface area contributed by atoms with E-state index >= 15 is 0 Å². The fourth-order valence-electron chi connectivity index (χ4n) is 4.66. The second-order valence-electron chi connectivity index (χ2n) is 8.98. The minimum absolute atomic E-state index is 0.0545. The molecule has 35 heavy (non-hydrogen) atoms. The predicted octanol–water partition coefficient (Wildman–Crippen LogP) is 2.56. The molecule has 2 heterocycles. The summed E-state index contributed by atoms with van der Waals surface area (Å²) in [7, 11) is 0. The highest BCUT2D eigenvalue weighted by atomic mass is 16.2. The number of anilines is 1. The van der Waals surface area contributed by atoms with Gasteiger partial charge in [-0.05, 0) is 29.7 Å². The van der Waals surface area contributed by atoms with Gasteiger partial charge < -0.3 is 20.5 Å². The highest BCUT2D eigenvalue weighted by molar-refractivity contribution is 5.93. The van der Waals surface area contributed by atoms with E-state index < -0.39 is 6.04 Å². The van der Waals surface area contributed by atoms with E-state index in [4.69, 9.17) is 0 Å². The number of carbonyl (C=O) groups is 3. The van der Waals surface area contributed by atoms with Gasteiger partial charge in [0, 0.05) is 62.3 Å². The van der Waals surface area contributed by atoms with Gasteiger partial charge in [0.1, 0.15) is 6.04 Å². The number of nitrogens with zero attached hydrogens (tertiary/aromatic N) is 2. The molecular weight excluding hydrogens is 442 g/mol. The van der Waals surface area contributed by atoms with Crippen LogP contribution in [0.5, 0.6) is 0 Å².